The van der Waals surface area contributed by atoms with Crippen molar-refractivity contribution in [2.75, 3.05) is 19.0 Å². The summed E-state index contributed by atoms with van der Waals surface area (Å²) in [4.78, 5) is 17.0. The Labute approximate surface area is 218 Å². The van der Waals surface area contributed by atoms with Crippen molar-refractivity contribution >= 4 is 40.0 Å². The van der Waals surface area contributed by atoms with Crippen molar-refractivity contribution < 1.29 is 19.4 Å². The molecular formula is C25H28ClN7O4. The maximum atomic E-state index is 12.3. The molecule has 4 N–H and O–H groups in total. The third kappa shape index (κ3) is 5.47. The highest BCUT2D eigenvalue weighted by Gasteiger charge is 2.21. The van der Waals surface area contributed by atoms with E-state index in [1.807, 2.05) is 18.2 Å². The number of hydrogen-bond donors (Lipinski definition) is 4. The molecule has 194 valence electrons. The number of anilines is 2. The Hall–Kier alpha value is -3.83. The monoisotopic (exact) mass is 525 g/mol. The summed E-state index contributed by atoms with van der Waals surface area (Å²) in [6.07, 6.45) is 4.34. The van der Waals surface area contributed by atoms with E-state index in [4.69, 9.17) is 21.1 Å². The highest BCUT2D eigenvalue weighted by molar-refractivity contribution is 6.38. The number of rotatable bonds is 8. The molecule has 0 saturated heterocycles. The molecule has 0 atom stereocenters. The second-order valence-electron chi connectivity index (χ2n) is 8.99. The molecule has 37 heavy (non-hydrogen) atoms. The van der Waals surface area contributed by atoms with Crippen LogP contribution >= 0.6 is 11.6 Å². The van der Waals surface area contributed by atoms with Crippen LogP contribution in [0.4, 0.5) is 11.6 Å². The summed E-state index contributed by atoms with van der Waals surface area (Å²) in [5.41, 5.74) is 2.24. The number of nitrogens with one attached hydrogen (secondary N) is 3. The Morgan fingerprint density at radius 1 is 1.22 bits per heavy atom. The lowest BCUT2D eigenvalue weighted by atomic mass is 9.93. The topological polar surface area (TPSA) is 139 Å². The van der Waals surface area contributed by atoms with E-state index in [9.17, 15) is 9.90 Å². The highest BCUT2D eigenvalue weighted by atomic mass is 35.5. The molecule has 4 aromatic rings. The number of aromatic amines is 1. The average molecular weight is 526 g/mol. The number of aromatic nitrogens is 5. The molecule has 1 aliphatic carbocycles. The van der Waals surface area contributed by atoms with Gasteiger partial charge in [-0.15, -0.1) is 5.10 Å². The minimum Gasteiger partial charge on any atom is -0.493 e. The van der Waals surface area contributed by atoms with Gasteiger partial charge in [0.1, 0.15) is 0 Å². The number of benzene rings is 2. The number of halogens is 1. The molecule has 0 radical (unpaired) electrons. The van der Waals surface area contributed by atoms with Crippen molar-refractivity contribution in [2.45, 2.75) is 37.8 Å². The van der Waals surface area contributed by atoms with Gasteiger partial charge in [-0.1, -0.05) is 11.6 Å². The van der Waals surface area contributed by atoms with Crippen LogP contribution in [-0.2, 0) is 11.8 Å². The number of aliphatic hydroxyl groups excluding tert-OH is 1. The Morgan fingerprint density at radius 2 is 2.03 bits per heavy atom. The summed E-state index contributed by atoms with van der Waals surface area (Å²) in [5.74, 6) is 1.68. The minimum absolute atomic E-state index is 0.0679. The lowest BCUT2D eigenvalue weighted by molar-refractivity contribution is -0.124. The minimum atomic E-state index is -0.267. The number of carbonyl (C=O) groups is 1. The molecule has 0 bridgehead atoms. The number of fused-ring (bicyclic) bond motifs is 1. The summed E-state index contributed by atoms with van der Waals surface area (Å²) in [6.45, 7) is -0.133. The lowest BCUT2D eigenvalue weighted by Gasteiger charge is -2.26. The number of amides is 1. The molecule has 0 unspecified atom stereocenters. The van der Waals surface area contributed by atoms with Gasteiger partial charge in [-0.05, 0) is 56.0 Å². The van der Waals surface area contributed by atoms with Crippen molar-refractivity contribution in [1.29, 1.82) is 0 Å². The van der Waals surface area contributed by atoms with E-state index in [-0.39, 0.29) is 24.7 Å². The number of hydrogen-bond acceptors (Lipinski definition) is 8. The molecule has 2 heterocycles. The van der Waals surface area contributed by atoms with Crippen LogP contribution in [0.5, 0.6) is 11.5 Å². The number of aryl methyl sites for hydroxylation is 1. The fraction of sp³-hybridized carbons (Fsp3) is 0.360. The van der Waals surface area contributed by atoms with E-state index >= 15 is 0 Å². The van der Waals surface area contributed by atoms with Crippen LogP contribution < -0.4 is 20.1 Å². The Morgan fingerprint density at radius 3 is 2.81 bits per heavy atom. The van der Waals surface area contributed by atoms with Crippen molar-refractivity contribution in [3.05, 3.63) is 41.6 Å². The molecule has 1 amide bonds. The van der Waals surface area contributed by atoms with Gasteiger partial charge in [0.2, 0.25) is 5.95 Å². The zero-order chi connectivity index (χ0) is 25.9. The van der Waals surface area contributed by atoms with Gasteiger partial charge in [0.25, 0.3) is 5.91 Å². The van der Waals surface area contributed by atoms with Crippen LogP contribution in [0.25, 0.3) is 22.3 Å². The molecule has 2 aromatic carbocycles. The number of ether oxygens (including phenoxy) is 2. The van der Waals surface area contributed by atoms with Gasteiger partial charge in [0.15, 0.2) is 23.9 Å². The van der Waals surface area contributed by atoms with E-state index in [0.717, 1.165) is 29.3 Å². The predicted octanol–water partition coefficient (Wildman–Crippen LogP) is 3.56. The zero-order valence-corrected chi connectivity index (χ0v) is 21.2. The molecule has 12 heteroatoms. The van der Waals surface area contributed by atoms with Crippen LogP contribution in [0.3, 0.4) is 0 Å². The smallest absolute Gasteiger partial charge is 0.258 e. The third-order valence-corrected chi connectivity index (χ3v) is 6.82. The van der Waals surface area contributed by atoms with Crippen molar-refractivity contribution in [1.82, 2.24) is 30.3 Å². The van der Waals surface area contributed by atoms with Crippen LogP contribution in [0, 0.1) is 0 Å². The summed E-state index contributed by atoms with van der Waals surface area (Å²) in [7, 11) is 3.32. The van der Waals surface area contributed by atoms with Crippen LogP contribution in [0.15, 0.2) is 36.5 Å². The van der Waals surface area contributed by atoms with Crippen molar-refractivity contribution in [3.8, 4) is 22.9 Å². The third-order valence-electron chi connectivity index (χ3n) is 6.41. The Kier molecular flexibility index (Phi) is 7.15. The highest BCUT2D eigenvalue weighted by Crippen LogP contribution is 2.34. The summed E-state index contributed by atoms with van der Waals surface area (Å²) >= 11 is 6.53. The first kappa shape index (κ1) is 24.8. The van der Waals surface area contributed by atoms with Crippen molar-refractivity contribution in [3.63, 3.8) is 0 Å². The van der Waals surface area contributed by atoms with Crippen LogP contribution in [0.1, 0.15) is 25.7 Å². The number of aliphatic hydroxyl groups is 1. The molecular weight excluding hydrogens is 498 g/mol. The fourth-order valence-electron chi connectivity index (χ4n) is 4.37. The average Bonchev–Trinajstić information content (AvgIpc) is 3.53. The maximum absolute atomic E-state index is 12.3. The Bertz CT molecular complexity index is 1410. The molecule has 1 aliphatic rings. The molecule has 5 rings (SSSR count). The maximum Gasteiger partial charge on any atom is 0.258 e. The summed E-state index contributed by atoms with van der Waals surface area (Å²) in [6, 6.07) is 9.10. The second kappa shape index (κ2) is 10.7. The van der Waals surface area contributed by atoms with Gasteiger partial charge in [-0.3, -0.25) is 9.89 Å². The largest absolute Gasteiger partial charge is 0.493 e. The molecule has 1 saturated carbocycles. The van der Waals surface area contributed by atoms with Crippen LogP contribution in [0.2, 0.25) is 5.02 Å². The molecule has 0 spiro atoms. The van der Waals surface area contributed by atoms with Gasteiger partial charge in [0, 0.05) is 24.0 Å². The Balaban J connectivity index is 1.26. The van der Waals surface area contributed by atoms with Gasteiger partial charge in [-0.2, -0.15) is 10.1 Å². The summed E-state index contributed by atoms with van der Waals surface area (Å²) < 4.78 is 12.8. The molecule has 1 fully saturated rings. The number of methoxy groups -OCH3 is 1. The fourth-order valence-corrected chi connectivity index (χ4v) is 4.64. The van der Waals surface area contributed by atoms with Gasteiger partial charge < -0.3 is 25.2 Å². The van der Waals surface area contributed by atoms with Gasteiger partial charge >= 0.3 is 0 Å². The quantitative estimate of drug-likeness (QED) is 0.274. The van der Waals surface area contributed by atoms with E-state index in [2.05, 4.69) is 30.9 Å². The first-order valence-electron chi connectivity index (χ1n) is 12.0. The SMILES string of the molecule is COc1cc(-c2nc(Nc3ccc4[nH]ncc4c3Cl)n(C)n2)ccc1OCC(=O)NC1CCC(O)CC1. The predicted molar refractivity (Wildman–Crippen MR) is 139 cm³/mol. The van der Waals surface area contributed by atoms with Crippen LogP contribution in [-0.4, -0.2) is 61.8 Å². The number of carbonyl (C=O) groups excluding carboxylic acids is 1. The first-order chi connectivity index (χ1) is 17.9. The molecule has 2 aromatic heterocycles. The van der Waals surface area contributed by atoms with E-state index in [0.29, 0.717) is 46.8 Å². The van der Waals surface area contributed by atoms with E-state index in [1.165, 1.54) is 7.11 Å². The zero-order valence-electron chi connectivity index (χ0n) is 20.5. The van der Waals surface area contributed by atoms with Crippen molar-refractivity contribution in [2.24, 2.45) is 7.05 Å². The first-order valence-corrected chi connectivity index (χ1v) is 12.4. The second-order valence-corrected chi connectivity index (χ2v) is 9.37. The molecule has 0 aliphatic heterocycles. The standard InChI is InChI=1S/C25H28ClN7O4/c1-33-25(29-19-9-8-18-17(23(19)26)12-27-31-18)30-24(32-33)14-3-10-20(21(11-14)36-2)37-13-22(35)28-15-4-6-16(34)7-5-15/h3,8-12,15-16,34H,4-7,13H2,1-2H3,(H,27,31)(H,28,35)(H,29,30,32). The van der Waals surface area contributed by atoms with Gasteiger partial charge in [-0.25, -0.2) is 4.68 Å². The molecule has 11 nitrogen and oxygen atoms in total. The number of nitrogens with zero attached hydrogens (tertiary/aromatic N) is 4. The number of H-pyrrole nitrogens is 1. The van der Waals surface area contributed by atoms with E-state index < -0.39 is 0 Å². The van der Waals surface area contributed by atoms with E-state index in [1.54, 1.807) is 30.1 Å². The van der Waals surface area contributed by atoms with Gasteiger partial charge in [0.05, 0.1) is 35.6 Å². The lowest BCUT2D eigenvalue weighted by Crippen LogP contribution is -2.40. The summed E-state index contributed by atoms with van der Waals surface area (Å²) in [5, 5.41) is 28.6. The normalized spacial score (nSPS) is 17.5.